The number of nitrogens with two attached hydrogens (primary N) is 1. The van der Waals surface area contributed by atoms with Crippen molar-refractivity contribution in [3.8, 4) is 0 Å². The smallest absolute Gasteiger partial charge is 0.223 e. The molecule has 0 aliphatic carbocycles. The second-order valence-electron chi connectivity index (χ2n) is 6.01. The maximum absolute atomic E-state index is 12.2. The molecule has 0 spiro atoms. The van der Waals surface area contributed by atoms with E-state index in [2.05, 4.69) is 0 Å². The summed E-state index contributed by atoms with van der Waals surface area (Å²) in [7, 11) is 1.52. The Labute approximate surface area is 146 Å². The number of likely N-dealkylation sites (N-methyl/N-ethyl adjacent to an activating group) is 1. The zero-order chi connectivity index (χ0) is 19.3. The summed E-state index contributed by atoms with van der Waals surface area (Å²) in [6.45, 7) is 9.34. The molecule has 0 rings (SSSR count). The first-order valence-electron chi connectivity index (χ1n) is 8.71. The van der Waals surface area contributed by atoms with Crippen LogP contribution in [0, 0.1) is 11.8 Å². The van der Waals surface area contributed by atoms with Crippen molar-refractivity contribution in [3.63, 3.8) is 0 Å². The number of hydrogen-bond donors (Lipinski definition) is 1. The Morgan fingerprint density at radius 2 is 1.54 bits per heavy atom. The van der Waals surface area contributed by atoms with Gasteiger partial charge in [0.2, 0.25) is 5.91 Å². The molecule has 1 amide bonds. The predicted octanol–water partition coefficient (Wildman–Crippen LogP) is 1.99. The number of amides is 1. The summed E-state index contributed by atoms with van der Waals surface area (Å²) in [5.41, 5.74) is 5.60. The first-order valence-corrected chi connectivity index (χ1v) is 8.71. The molecular formula is C18H34N2O4. The standard InChI is InChI=1S/C16H28N2O4.C2H6/c1-11(2)14(20)6-5-7-15(21)13(9-17)18(4)16(22)8-12(3)10-19;1-2/h10-13H,5-9,17H2,1-4H3;1-2H3. The van der Waals surface area contributed by atoms with Crippen LogP contribution in [0.2, 0.25) is 0 Å². The van der Waals surface area contributed by atoms with Crippen molar-refractivity contribution in [1.29, 1.82) is 0 Å². The molecule has 2 unspecified atom stereocenters. The van der Waals surface area contributed by atoms with Gasteiger partial charge >= 0.3 is 0 Å². The van der Waals surface area contributed by atoms with Crippen LogP contribution in [0.15, 0.2) is 0 Å². The third-order valence-corrected chi connectivity index (χ3v) is 3.68. The summed E-state index contributed by atoms with van der Waals surface area (Å²) >= 11 is 0. The zero-order valence-corrected chi connectivity index (χ0v) is 16.0. The van der Waals surface area contributed by atoms with Gasteiger partial charge in [-0.3, -0.25) is 14.4 Å². The maximum Gasteiger partial charge on any atom is 0.223 e. The lowest BCUT2D eigenvalue weighted by molar-refractivity contribution is -0.139. The average molecular weight is 342 g/mol. The van der Waals surface area contributed by atoms with Crippen molar-refractivity contribution >= 4 is 23.8 Å². The number of carbonyl (C=O) groups is 4. The van der Waals surface area contributed by atoms with Crippen LogP contribution >= 0.6 is 0 Å². The number of hydrogen-bond acceptors (Lipinski definition) is 5. The van der Waals surface area contributed by atoms with E-state index in [0.29, 0.717) is 19.1 Å². The Morgan fingerprint density at radius 1 is 1.04 bits per heavy atom. The van der Waals surface area contributed by atoms with E-state index in [1.165, 1.54) is 11.9 Å². The number of ketones is 2. The maximum atomic E-state index is 12.2. The lowest BCUT2D eigenvalue weighted by Gasteiger charge is -2.26. The first kappa shape index (κ1) is 24.7. The summed E-state index contributed by atoms with van der Waals surface area (Å²) in [5, 5.41) is 0. The molecule has 24 heavy (non-hydrogen) atoms. The molecule has 0 heterocycles. The minimum atomic E-state index is -0.694. The monoisotopic (exact) mass is 342 g/mol. The van der Waals surface area contributed by atoms with Gasteiger partial charge in [0, 0.05) is 44.7 Å². The van der Waals surface area contributed by atoms with Gasteiger partial charge in [-0.1, -0.05) is 34.6 Å². The minimum Gasteiger partial charge on any atom is -0.334 e. The average Bonchev–Trinajstić information content (AvgIpc) is 2.56. The van der Waals surface area contributed by atoms with Crippen LogP contribution in [0.5, 0.6) is 0 Å². The molecular weight excluding hydrogens is 308 g/mol. The quantitative estimate of drug-likeness (QED) is 0.579. The van der Waals surface area contributed by atoms with E-state index in [-0.39, 0.29) is 48.7 Å². The Hall–Kier alpha value is -1.56. The summed E-state index contributed by atoms with van der Waals surface area (Å²) < 4.78 is 0. The molecule has 0 aromatic carbocycles. The molecule has 2 N–H and O–H groups in total. The second kappa shape index (κ2) is 13.8. The molecule has 0 saturated carbocycles. The van der Waals surface area contributed by atoms with E-state index in [0.717, 1.165) is 0 Å². The molecule has 0 saturated heterocycles. The highest BCUT2D eigenvalue weighted by molar-refractivity contribution is 5.90. The molecule has 0 aromatic heterocycles. The van der Waals surface area contributed by atoms with Crippen LogP contribution in [0.3, 0.4) is 0 Å². The number of aldehydes is 1. The van der Waals surface area contributed by atoms with E-state index in [1.807, 2.05) is 27.7 Å². The minimum absolute atomic E-state index is 0.0329. The molecule has 6 nitrogen and oxygen atoms in total. The summed E-state index contributed by atoms with van der Waals surface area (Å²) in [4.78, 5) is 47.6. The first-order chi connectivity index (χ1) is 11.2. The van der Waals surface area contributed by atoms with Gasteiger partial charge in [-0.15, -0.1) is 0 Å². The zero-order valence-electron chi connectivity index (χ0n) is 16.0. The summed E-state index contributed by atoms with van der Waals surface area (Å²) in [6.07, 6.45) is 1.83. The fourth-order valence-electron chi connectivity index (χ4n) is 2.04. The Kier molecular flexibility index (Phi) is 14.2. The van der Waals surface area contributed by atoms with Crippen molar-refractivity contribution in [1.82, 2.24) is 4.90 Å². The molecule has 0 aliphatic heterocycles. The van der Waals surface area contributed by atoms with Crippen LogP contribution < -0.4 is 5.73 Å². The van der Waals surface area contributed by atoms with Gasteiger partial charge in [-0.25, -0.2) is 0 Å². The van der Waals surface area contributed by atoms with Crippen molar-refractivity contribution < 1.29 is 19.2 Å². The van der Waals surface area contributed by atoms with Gasteiger partial charge in [0.15, 0.2) is 5.78 Å². The van der Waals surface area contributed by atoms with E-state index in [1.54, 1.807) is 6.92 Å². The summed E-state index contributed by atoms with van der Waals surface area (Å²) in [6, 6.07) is -0.694. The number of rotatable bonds is 11. The molecule has 2 atom stereocenters. The lowest BCUT2D eigenvalue weighted by Crippen LogP contribution is -2.47. The summed E-state index contributed by atoms with van der Waals surface area (Å²) in [5.74, 6) is -0.710. The Bertz CT molecular complexity index is 408. The lowest BCUT2D eigenvalue weighted by atomic mass is 9.99. The molecule has 6 heteroatoms. The van der Waals surface area contributed by atoms with E-state index < -0.39 is 6.04 Å². The van der Waals surface area contributed by atoms with Crippen molar-refractivity contribution in [2.75, 3.05) is 13.6 Å². The Balaban J connectivity index is 0. The van der Waals surface area contributed by atoms with Crippen molar-refractivity contribution in [2.45, 2.75) is 66.3 Å². The van der Waals surface area contributed by atoms with Gasteiger partial charge in [0.25, 0.3) is 0 Å². The highest BCUT2D eigenvalue weighted by atomic mass is 16.2. The molecule has 0 aliphatic rings. The third kappa shape index (κ3) is 9.55. The number of Topliss-reactive ketones (excluding diaryl/α,β-unsaturated/α-hetero) is 2. The molecule has 0 fully saturated rings. The fourth-order valence-corrected chi connectivity index (χ4v) is 2.04. The molecule has 0 bridgehead atoms. The largest absolute Gasteiger partial charge is 0.334 e. The van der Waals surface area contributed by atoms with E-state index >= 15 is 0 Å². The number of nitrogens with zero attached hydrogens (tertiary/aromatic N) is 1. The number of carbonyl (C=O) groups excluding carboxylic acids is 4. The van der Waals surface area contributed by atoms with Gasteiger partial charge < -0.3 is 15.4 Å². The van der Waals surface area contributed by atoms with Crippen LogP contribution in [0.25, 0.3) is 0 Å². The van der Waals surface area contributed by atoms with Gasteiger partial charge in [-0.05, 0) is 6.42 Å². The van der Waals surface area contributed by atoms with E-state index in [4.69, 9.17) is 5.73 Å². The second-order valence-corrected chi connectivity index (χ2v) is 6.01. The van der Waals surface area contributed by atoms with Gasteiger partial charge in [-0.2, -0.15) is 0 Å². The Morgan fingerprint density at radius 3 is 1.96 bits per heavy atom. The topological polar surface area (TPSA) is 97.5 Å². The van der Waals surface area contributed by atoms with Crippen molar-refractivity contribution in [2.24, 2.45) is 17.6 Å². The van der Waals surface area contributed by atoms with Crippen LogP contribution in [-0.2, 0) is 19.2 Å². The van der Waals surface area contributed by atoms with Crippen LogP contribution in [0.1, 0.15) is 60.3 Å². The SMILES string of the molecule is CC.CC(C=O)CC(=O)N(C)C(CN)C(=O)CCCC(=O)C(C)C. The fraction of sp³-hybridized carbons (Fsp3) is 0.778. The predicted molar refractivity (Wildman–Crippen MR) is 95.5 cm³/mol. The molecule has 0 aromatic rings. The molecule has 140 valence electrons. The van der Waals surface area contributed by atoms with Gasteiger partial charge in [0.1, 0.15) is 18.1 Å². The highest BCUT2D eigenvalue weighted by Gasteiger charge is 2.26. The van der Waals surface area contributed by atoms with Gasteiger partial charge in [0.05, 0.1) is 0 Å². The highest BCUT2D eigenvalue weighted by Crippen LogP contribution is 2.10. The normalized spacial score (nSPS) is 12.7. The van der Waals surface area contributed by atoms with Crippen molar-refractivity contribution in [3.05, 3.63) is 0 Å². The van der Waals surface area contributed by atoms with E-state index in [9.17, 15) is 19.2 Å². The third-order valence-electron chi connectivity index (χ3n) is 3.68. The van der Waals surface area contributed by atoms with Crippen LogP contribution in [0.4, 0.5) is 0 Å². The molecule has 0 radical (unpaired) electrons. The van der Waals surface area contributed by atoms with Crippen LogP contribution in [-0.4, -0.2) is 48.3 Å².